The van der Waals surface area contributed by atoms with Gasteiger partial charge in [-0.3, -0.25) is 9.69 Å². The number of nitrogens with two attached hydrogens (primary N) is 1. The summed E-state index contributed by atoms with van der Waals surface area (Å²) < 4.78 is 5.75. The monoisotopic (exact) mass is 437 g/mol. The summed E-state index contributed by atoms with van der Waals surface area (Å²) in [6.45, 7) is 5.61. The smallest absolute Gasteiger partial charge is 0.226 e. The molecule has 8 heteroatoms. The molecule has 1 aromatic rings. The van der Waals surface area contributed by atoms with Crippen molar-refractivity contribution in [2.24, 2.45) is 17.6 Å². The number of benzene rings is 1. The van der Waals surface area contributed by atoms with Gasteiger partial charge in [0.05, 0.1) is 0 Å². The molecule has 0 unspecified atom stereocenters. The van der Waals surface area contributed by atoms with E-state index < -0.39 is 0 Å². The molecule has 1 aliphatic carbocycles. The summed E-state index contributed by atoms with van der Waals surface area (Å²) in [6.07, 6.45) is 3.25. The molecule has 0 bridgehead atoms. The van der Waals surface area contributed by atoms with Gasteiger partial charge in [-0.1, -0.05) is 18.0 Å². The molecule has 1 saturated carbocycles. The topological polar surface area (TPSA) is 58.8 Å². The van der Waals surface area contributed by atoms with Crippen LogP contribution in [-0.4, -0.2) is 61.6 Å². The standard InChI is InChI=1S/C19H28ClN3O2.2ClH/c20-16-4-6-17(7-5-16)25-13-12-22-8-10-23(11-9-22)19(24)18-3-1-2-15(18)14-21;;/h4-7,15,18H,1-3,8-14,21H2;2*1H/t15-,18-;;/m1../s1. The predicted molar refractivity (Wildman–Crippen MR) is 114 cm³/mol. The molecule has 1 amide bonds. The molecule has 1 saturated heterocycles. The third-order valence-corrected chi connectivity index (χ3v) is 5.70. The fourth-order valence-corrected chi connectivity index (χ4v) is 4.02. The number of hydrogen-bond donors (Lipinski definition) is 1. The van der Waals surface area contributed by atoms with Crippen LogP contribution >= 0.6 is 36.4 Å². The van der Waals surface area contributed by atoms with Crippen LogP contribution in [0.15, 0.2) is 24.3 Å². The maximum atomic E-state index is 12.7. The highest BCUT2D eigenvalue weighted by molar-refractivity contribution is 6.30. The average molecular weight is 439 g/mol. The van der Waals surface area contributed by atoms with E-state index in [9.17, 15) is 4.79 Å². The molecule has 1 heterocycles. The molecule has 0 aromatic heterocycles. The molecular weight excluding hydrogens is 409 g/mol. The number of carbonyl (C=O) groups excluding carboxylic acids is 1. The third-order valence-electron chi connectivity index (χ3n) is 5.45. The van der Waals surface area contributed by atoms with E-state index in [-0.39, 0.29) is 30.7 Å². The Morgan fingerprint density at radius 1 is 1.11 bits per heavy atom. The first-order valence-corrected chi connectivity index (χ1v) is 9.64. The zero-order valence-corrected chi connectivity index (χ0v) is 17.9. The molecule has 2 atom stereocenters. The molecule has 0 radical (unpaired) electrons. The highest BCUT2D eigenvalue weighted by Crippen LogP contribution is 2.32. The SMILES string of the molecule is Cl.Cl.NC[C@H]1CCC[C@H]1C(=O)N1CCN(CCOc2ccc(Cl)cc2)CC1. The number of carbonyl (C=O) groups is 1. The van der Waals surface area contributed by atoms with Gasteiger partial charge in [-0.2, -0.15) is 0 Å². The Morgan fingerprint density at radius 3 is 2.41 bits per heavy atom. The molecule has 154 valence electrons. The molecule has 1 aliphatic heterocycles. The van der Waals surface area contributed by atoms with E-state index in [1.165, 1.54) is 0 Å². The lowest BCUT2D eigenvalue weighted by Crippen LogP contribution is -2.51. The Bertz CT molecular complexity index is 566. The van der Waals surface area contributed by atoms with Crippen LogP contribution in [0.3, 0.4) is 0 Å². The summed E-state index contributed by atoms with van der Waals surface area (Å²) in [7, 11) is 0. The Kier molecular flexibility index (Phi) is 10.8. The second-order valence-corrected chi connectivity index (χ2v) is 7.44. The molecular formula is C19H30Cl3N3O2. The first kappa shape index (κ1) is 24.3. The van der Waals surface area contributed by atoms with E-state index >= 15 is 0 Å². The molecule has 1 aromatic carbocycles. The van der Waals surface area contributed by atoms with Crippen molar-refractivity contribution >= 4 is 42.3 Å². The number of halogens is 3. The summed E-state index contributed by atoms with van der Waals surface area (Å²) in [5.74, 6) is 1.71. The molecule has 27 heavy (non-hydrogen) atoms. The van der Waals surface area contributed by atoms with Crippen molar-refractivity contribution in [1.29, 1.82) is 0 Å². The molecule has 0 spiro atoms. The molecule has 3 rings (SSSR count). The normalized spacial score (nSPS) is 22.7. The number of ether oxygens (including phenoxy) is 1. The zero-order valence-electron chi connectivity index (χ0n) is 15.5. The van der Waals surface area contributed by atoms with E-state index in [1.807, 2.05) is 29.2 Å². The van der Waals surface area contributed by atoms with E-state index in [0.717, 1.165) is 57.7 Å². The van der Waals surface area contributed by atoms with Gasteiger partial charge in [0.1, 0.15) is 12.4 Å². The summed E-state index contributed by atoms with van der Waals surface area (Å²) in [6, 6.07) is 7.43. The van der Waals surface area contributed by atoms with Crippen molar-refractivity contribution in [3.8, 4) is 5.75 Å². The van der Waals surface area contributed by atoms with Crippen molar-refractivity contribution in [2.75, 3.05) is 45.9 Å². The minimum atomic E-state index is 0. The maximum Gasteiger partial charge on any atom is 0.226 e. The fourth-order valence-electron chi connectivity index (χ4n) is 3.89. The summed E-state index contributed by atoms with van der Waals surface area (Å²) in [5.41, 5.74) is 5.82. The summed E-state index contributed by atoms with van der Waals surface area (Å²) in [4.78, 5) is 17.1. The first-order valence-electron chi connectivity index (χ1n) is 9.27. The second-order valence-electron chi connectivity index (χ2n) is 7.00. The van der Waals surface area contributed by atoms with Gasteiger partial charge in [0.2, 0.25) is 5.91 Å². The quantitative estimate of drug-likeness (QED) is 0.741. The zero-order chi connectivity index (χ0) is 17.6. The van der Waals surface area contributed by atoms with Gasteiger partial charge in [-0.15, -0.1) is 24.8 Å². The lowest BCUT2D eigenvalue weighted by Gasteiger charge is -2.36. The highest BCUT2D eigenvalue weighted by atomic mass is 35.5. The maximum absolute atomic E-state index is 12.7. The van der Waals surface area contributed by atoms with Crippen LogP contribution in [0, 0.1) is 11.8 Å². The largest absolute Gasteiger partial charge is 0.492 e. The molecule has 5 nitrogen and oxygen atoms in total. The van der Waals surface area contributed by atoms with Crippen LogP contribution in [0.2, 0.25) is 5.02 Å². The summed E-state index contributed by atoms with van der Waals surface area (Å²) >= 11 is 5.87. The van der Waals surface area contributed by atoms with Gasteiger partial charge >= 0.3 is 0 Å². The first-order chi connectivity index (χ1) is 12.2. The molecule has 2 aliphatic rings. The average Bonchev–Trinajstić information content (AvgIpc) is 3.12. The number of hydrogen-bond acceptors (Lipinski definition) is 4. The van der Waals surface area contributed by atoms with Crippen molar-refractivity contribution in [3.05, 3.63) is 29.3 Å². The number of piperazine rings is 1. The minimum Gasteiger partial charge on any atom is -0.492 e. The van der Waals surface area contributed by atoms with Crippen LogP contribution in [0.4, 0.5) is 0 Å². The number of amides is 1. The van der Waals surface area contributed by atoms with Gasteiger partial charge in [0.25, 0.3) is 0 Å². The van der Waals surface area contributed by atoms with Gasteiger partial charge in [-0.05, 0) is 49.6 Å². The summed E-state index contributed by atoms with van der Waals surface area (Å²) in [5, 5.41) is 0.715. The Labute approximate surface area is 179 Å². The lowest BCUT2D eigenvalue weighted by molar-refractivity contribution is -0.138. The van der Waals surface area contributed by atoms with E-state index in [2.05, 4.69) is 4.90 Å². The van der Waals surface area contributed by atoms with Crippen molar-refractivity contribution in [1.82, 2.24) is 9.80 Å². The van der Waals surface area contributed by atoms with Crippen molar-refractivity contribution in [2.45, 2.75) is 19.3 Å². The minimum absolute atomic E-state index is 0. The van der Waals surface area contributed by atoms with Gasteiger partial charge < -0.3 is 15.4 Å². The van der Waals surface area contributed by atoms with E-state index in [0.29, 0.717) is 30.0 Å². The van der Waals surface area contributed by atoms with E-state index in [1.54, 1.807) is 0 Å². The number of nitrogens with zero attached hydrogens (tertiary/aromatic N) is 2. The van der Waals surface area contributed by atoms with Gasteiger partial charge in [0.15, 0.2) is 0 Å². The Morgan fingerprint density at radius 2 is 1.78 bits per heavy atom. The van der Waals surface area contributed by atoms with Crippen LogP contribution in [0.5, 0.6) is 5.75 Å². The Hall–Kier alpha value is -0.720. The lowest BCUT2D eigenvalue weighted by atomic mass is 9.94. The van der Waals surface area contributed by atoms with Crippen LogP contribution < -0.4 is 10.5 Å². The predicted octanol–water partition coefficient (Wildman–Crippen LogP) is 3.08. The second kappa shape index (κ2) is 12.0. The fraction of sp³-hybridized carbons (Fsp3) is 0.632. The van der Waals surface area contributed by atoms with Crippen LogP contribution in [0.1, 0.15) is 19.3 Å². The van der Waals surface area contributed by atoms with Gasteiger partial charge in [-0.25, -0.2) is 0 Å². The van der Waals surface area contributed by atoms with Crippen LogP contribution in [-0.2, 0) is 4.79 Å². The van der Waals surface area contributed by atoms with E-state index in [4.69, 9.17) is 22.1 Å². The number of rotatable bonds is 6. The Balaban J connectivity index is 0.00000182. The highest BCUT2D eigenvalue weighted by Gasteiger charge is 2.35. The third kappa shape index (κ3) is 6.68. The van der Waals surface area contributed by atoms with Crippen molar-refractivity contribution in [3.63, 3.8) is 0 Å². The van der Waals surface area contributed by atoms with Crippen molar-refractivity contribution < 1.29 is 9.53 Å². The molecule has 2 N–H and O–H groups in total. The van der Waals surface area contributed by atoms with Crippen LogP contribution in [0.25, 0.3) is 0 Å². The molecule has 2 fully saturated rings. The van der Waals surface area contributed by atoms with Gasteiger partial charge in [0, 0.05) is 43.7 Å².